The molecule has 0 fully saturated rings. The number of aromatic hydroxyl groups is 1. The van der Waals surface area contributed by atoms with Crippen LogP contribution in [0, 0.1) is 4.77 Å². The molecule has 0 spiro atoms. The second-order valence-electron chi connectivity index (χ2n) is 7.66. The lowest BCUT2D eigenvalue weighted by Crippen LogP contribution is -2.37. The molecule has 10 heteroatoms. The van der Waals surface area contributed by atoms with Gasteiger partial charge >= 0.3 is 0 Å². The molecule has 32 heavy (non-hydrogen) atoms. The number of aromatic nitrogens is 2. The lowest BCUT2D eigenvalue weighted by Gasteiger charge is -2.36. The van der Waals surface area contributed by atoms with Crippen molar-refractivity contribution in [3.63, 3.8) is 0 Å². The van der Waals surface area contributed by atoms with Gasteiger partial charge in [0.1, 0.15) is 0 Å². The van der Waals surface area contributed by atoms with Gasteiger partial charge in [0.05, 0.1) is 24.4 Å². The number of ether oxygens (including phenoxy) is 3. The van der Waals surface area contributed by atoms with Gasteiger partial charge < -0.3 is 19.3 Å². The first-order valence-electron chi connectivity index (χ1n) is 9.94. The van der Waals surface area contributed by atoms with Gasteiger partial charge in [0.25, 0.3) is 5.56 Å². The summed E-state index contributed by atoms with van der Waals surface area (Å²) < 4.78 is 18.4. The van der Waals surface area contributed by atoms with Crippen LogP contribution < -0.4 is 19.8 Å². The molecule has 0 aliphatic carbocycles. The second kappa shape index (κ2) is 7.84. The Morgan fingerprint density at radius 1 is 1.25 bits per heavy atom. The summed E-state index contributed by atoms with van der Waals surface area (Å²) in [5.74, 6) is 1.35. The van der Waals surface area contributed by atoms with E-state index in [4.69, 9.17) is 38.0 Å². The number of nitrogens with zero attached hydrogens (tertiary/aromatic N) is 2. The van der Waals surface area contributed by atoms with E-state index in [1.54, 1.807) is 31.4 Å². The summed E-state index contributed by atoms with van der Waals surface area (Å²) in [7, 11) is 3.44. The van der Waals surface area contributed by atoms with Crippen molar-refractivity contribution >= 4 is 23.8 Å². The van der Waals surface area contributed by atoms with Gasteiger partial charge in [-0.15, -0.1) is 0 Å². The summed E-state index contributed by atoms with van der Waals surface area (Å²) in [6, 6.07) is 8.14. The number of fused-ring (bicyclic) bond motifs is 2. The SMILES string of the molecule is COc1c2c(cc3c1[C@H](c1c(O)n(-c4ccc(Cl)cc4)c(=S)[nH]c1=O)N(C)CC3)OCO2. The van der Waals surface area contributed by atoms with Crippen LogP contribution in [0.15, 0.2) is 35.1 Å². The number of H-pyrrole nitrogens is 1. The molecule has 0 bridgehead atoms. The molecule has 2 aliphatic rings. The summed E-state index contributed by atoms with van der Waals surface area (Å²) >= 11 is 11.4. The average Bonchev–Trinajstić information content (AvgIpc) is 3.23. The molecule has 1 atom stereocenters. The molecule has 0 saturated heterocycles. The van der Waals surface area contributed by atoms with Crippen molar-refractivity contribution in [2.24, 2.45) is 0 Å². The first-order chi connectivity index (χ1) is 15.4. The monoisotopic (exact) mass is 473 g/mol. The summed E-state index contributed by atoms with van der Waals surface area (Å²) in [4.78, 5) is 17.8. The zero-order valence-corrected chi connectivity index (χ0v) is 18.9. The molecule has 3 heterocycles. The number of hydrogen-bond acceptors (Lipinski definition) is 7. The molecule has 3 aromatic rings. The van der Waals surface area contributed by atoms with E-state index in [9.17, 15) is 9.90 Å². The van der Waals surface area contributed by atoms with Crippen molar-refractivity contribution in [2.45, 2.75) is 12.5 Å². The van der Waals surface area contributed by atoms with Crippen molar-refractivity contribution in [3.8, 4) is 28.8 Å². The van der Waals surface area contributed by atoms with Crippen molar-refractivity contribution < 1.29 is 19.3 Å². The molecular formula is C22H20ClN3O5S. The number of nitrogens with one attached hydrogen (secondary N) is 1. The predicted octanol–water partition coefficient (Wildman–Crippen LogP) is 3.57. The Labute approximate surface area is 193 Å². The number of rotatable bonds is 3. The highest BCUT2D eigenvalue weighted by Crippen LogP contribution is 2.51. The minimum Gasteiger partial charge on any atom is -0.494 e. The van der Waals surface area contributed by atoms with E-state index in [1.165, 1.54) is 4.57 Å². The molecule has 1 aromatic heterocycles. The minimum absolute atomic E-state index is 0.0786. The third-order valence-corrected chi connectivity index (χ3v) is 6.41. The first kappa shape index (κ1) is 20.9. The molecule has 5 rings (SSSR count). The van der Waals surface area contributed by atoms with E-state index in [0.29, 0.717) is 34.5 Å². The van der Waals surface area contributed by atoms with Crippen LogP contribution in [0.25, 0.3) is 5.69 Å². The smallest absolute Gasteiger partial charge is 0.260 e. The lowest BCUT2D eigenvalue weighted by molar-refractivity contribution is 0.170. The molecule has 0 radical (unpaired) electrons. The number of methoxy groups -OCH3 is 1. The highest BCUT2D eigenvalue weighted by Gasteiger charge is 2.38. The van der Waals surface area contributed by atoms with Gasteiger partial charge in [-0.3, -0.25) is 19.2 Å². The lowest BCUT2D eigenvalue weighted by atomic mass is 9.87. The fraction of sp³-hybridized carbons (Fsp3) is 0.273. The van der Waals surface area contributed by atoms with Gasteiger partial charge in [0, 0.05) is 17.1 Å². The van der Waals surface area contributed by atoms with Crippen LogP contribution in [-0.2, 0) is 6.42 Å². The van der Waals surface area contributed by atoms with E-state index < -0.39 is 11.6 Å². The van der Waals surface area contributed by atoms with Gasteiger partial charge in [-0.1, -0.05) is 11.6 Å². The highest BCUT2D eigenvalue weighted by molar-refractivity contribution is 7.71. The van der Waals surface area contributed by atoms with Crippen LogP contribution >= 0.6 is 23.8 Å². The standard InChI is InChI=1S/C22H20ClN3O5S/c1-25-8-7-11-9-14-18(31-10-30-14)19(29-2)15(11)17(25)16-20(27)24-22(32)26(21(16)28)13-5-3-12(23)4-6-13/h3-6,9,17,28H,7-8,10H2,1-2H3,(H,24,27,32)/t17-/m1/s1. The van der Waals surface area contributed by atoms with Gasteiger partial charge in [0.2, 0.25) is 18.4 Å². The zero-order valence-electron chi connectivity index (χ0n) is 17.3. The van der Waals surface area contributed by atoms with E-state index in [2.05, 4.69) is 4.98 Å². The van der Waals surface area contributed by atoms with Crippen LogP contribution in [-0.4, -0.2) is 47.1 Å². The largest absolute Gasteiger partial charge is 0.494 e. The van der Waals surface area contributed by atoms with Crippen molar-refractivity contribution in [1.29, 1.82) is 0 Å². The molecule has 0 saturated carbocycles. The third-order valence-electron chi connectivity index (χ3n) is 5.87. The third kappa shape index (κ3) is 3.16. The van der Waals surface area contributed by atoms with Gasteiger partial charge in [-0.25, -0.2) is 0 Å². The molecule has 8 nitrogen and oxygen atoms in total. The Hall–Kier alpha value is -3.01. The maximum atomic E-state index is 13.1. The average molecular weight is 474 g/mol. The molecule has 166 valence electrons. The van der Waals surface area contributed by atoms with E-state index in [1.807, 2.05) is 18.0 Å². The van der Waals surface area contributed by atoms with Crippen molar-refractivity contribution in [3.05, 3.63) is 67.2 Å². The Morgan fingerprint density at radius 3 is 2.72 bits per heavy atom. The van der Waals surface area contributed by atoms with Crippen LogP contribution in [0.3, 0.4) is 0 Å². The fourth-order valence-corrected chi connectivity index (χ4v) is 4.82. The Bertz CT molecular complexity index is 1340. The normalized spacial score (nSPS) is 17.3. The van der Waals surface area contributed by atoms with E-state index >= 15 is 0 Å². The fourth-order valence-electron chi connectivity index (χ4n) is 4.41. The molecule has 2 aromatic carbocycles. The number of halogens is 1. The maximum absolute atomic E-state index is 13.1. The summed E-state index contributed by atoms with van der Waals surface area (Å²) in [6.45, 7) is 0.762. The molecule has 0 unspecified atom stereocenters. The van der Waals surface area contributed by atoms with E-state index in [0.717, 1.165) is 17.5 Å². The molecule has 0 amide bonds. The number of benzene rings is 2. The maximum Gasteiger partial charge on any atom is 0.260 e. The van der Waals surface area contributed by atoms with Gasteiger partial charge in [-0.05, 0) is 61.6 Å². The molecule has 2 N–H and O–H groups in total. The summed E-state index contributed by atoms with van der Waals surface area (Å²) in [5.41, 5.74) is 1.99. The predicted molar refractivity (Wildman–Crippen MR) is 121 cm³/mol. The van der Waals surface area contributed by atoms with Crippen molar-refractivity contribution in [2.75, 3.05) is 27.5 Å². The van der Waals surface area contributed by atoms with Crippen LogP contribution in [0.2, 0.25) is 5.02 Å². The zero-order chi connectivity index (χ0) is 22.6. The quantitative estimate of drug-likeness (QED) is 0.562. The number of likely N-dealkylation sites (N-methyl/N-ethyl adjacent to an activating group) is 1. The minimum atomic E-state index is -0.596. The summed E-state index contributed by atoms with van der Waals surface area (Å²) in [5, 5.41) is 11.9. The van der Waals surface area contributed by atoms with Crippen molar-refractivity contribution in [1.82, 2.24) is 14.5 Å². The second-order valence-corrected chi connectivity index (χ2v) is 8.48. The molecular weight excluding hydrogens is 454 g/mol. The number of aromatic amines is 1. The van der Waals surface area contributed by atoms with Gasteiger partial charge in [-0.2, -0.15) is 0 Å². The first-order valence-corrected chi connectivity index (χ1v) is 10.7. The van der Waals surface area contributed by atoms with Gasteiger partial charge in [0.15, 0.2) is 16.3 Å². The van der Waals surface area contributed by atoms with Crippen LogP contribution in [0.5, 0.6) is 23.1 Å². The Kier molecular flexibility index (Phi) is 5.11. The van der Waals surface area contributed by atoms with Crippen LogP contribution in [0.4, 0.5) is 0 Å². The van der Waals surface area contributed by atoms with E-state index in [-0.39, 0.29) is 23.0 Å². The van der Waals surface area contributed by atoms with Crippen LogP contribution in [0.1, 0.15) is 22.7 Å². The number of hydrogen-bond donors (Lipinski definition) is 2. The Morgan fingerprint density at radius 2 is 2.00 bits per heavy atom. The highest BCUT2D eigenvalue weighted by atomic mass is 35.5. The topological polar surface area (TPSA) is 89.0 Å². The Balaban J connectivity index is 1.78. The summed E-state index contributed by atoms with van der Waals surface area (Å²) in [6.07, 6.45) is 0.726. The molecule has 2 aliphatic heterocycles.